The van der Waals surface area contributed by atoms with Crippen LogP contribution < -0.4 is 10.6 Å². The Morgan fingerprint density at radius 2 is 2.18 bits per heavy atom. The van der Waals surface area contributed by atoms with Crippen LogP contribution in [-0.4, -0.2) is 29.8 Å². The van der Waals surface area contributed by atoms with Gasteiger partial charge in [0, 0.05) is 17.8 Å². The molecule has 0 saturated carbocycles. The van der Waals surface area contributed by atoms with E-state index in [0.717, 1.165) is 16.1 Å². The van der Waals surface area contributed by atoms with Crippen LogP contribution in [0.3, 0.4) is 0 Å². The number of halogens is 1. The second kappa shape index (κ2) is 6.23. The summed E-state index contributed by atoms with van der Waals surface area (Å²) in [7, 11) is 0. The predicted octanol–water partition coefficient (Wildman–Crippen LogP) is 2.12. The number of nitrogens with zero attached hydrogens (tertiary/aromatic N) is 2. The molecule has 0 atom stereocenters. The van der Waals surface area contributed by atoms with E-state index in [-0.39, 0.29) is 11.7 Å². The molecule has 0 bridgehead atoms. The minimum atomic E-state index is -0.264. The van der Waals surface area contributed by atoms with Gasteiger partial charge >= 0.3 is 0 Å². The lowest BCUT2D eigenvalue weighted by atomic mass is 10.1. The number of nitrogens with one attached hydrogen (secondary N) is 2. The highest BCUT2D eigenvalue weighted by molar-refractivity contribution is 7.16. The molecule has 0 spiro atoms. The topological polar surface area (TPSA) is 66.4 Å². The molecular weight excluding hydrogens is 303 g/mol. The van der Waals surface area contributed by atoms with E-state index in [1.165, 1.54) is 23.5 Å². The Balaban J connectivity index is 1.70. The quantitative estimate of drug-likeness (QED) is 0.907. The molecule has 114 valence electrons. The number of benzene rings is 1. The van der Waals surface area contributed by atoms with Gasteiger partial charge in [-0.2, -0.15) is 0 Å². The van der Waals surface area contributed by atoms with Crippen LogP contribution in [0, 0.1) is 12.7 Å². The number of hydrogen-bond donors (Lipinski definition) is 2. The first-order chi connectivity index (χ1) is 10.6. The lowest BCUT2D eigenvalue weighted by Crippen LogP contribution is -2.32. The Hall–Kier alpha value is -2.28. The highest BCUT2D eigenvalue weighted by Crippen LogP contribution is 2.25. The number of hydrogen-bond acceptors (Lipinski definition) is 5. The average Bonchev–Trinajstić information content (AvgIpc) is 3.12. The molecule has 2 N–H and O–H groups in total. The number of carbonyl (C=O) groups is 1. The van der Waals surface area contributed by atoms with Gasteiger partial charge < -0.3 is 5.32 Å². The SMILES string of the molecule is Cc1nc(NC(=O)C2=NCCN2)sc1Cc1ccc(F)cc1. The number of thiazole rings is 1. The summed E-state index contributed by atoms with van der Waals surface area (Å²) in [4.78, 5) is 21.4. The number of aromatic nitrogens is 1. The van der Waals surface area contributed by atoms with Gasteiger partial charge in [-0.1, -0.05) is 12.1 Å². The van der Waals surface area contributed by atoms with Crippen molar-refractivity contribution < 1.29 is 9.18 Å². The molecule has 0 radical (unpaired) electrons. The fraction of sp³-hybridized carbons (Fsp3) is 0.267. The summed E-state index contributed by atoms with van der Waals surface area (Å²) in [5, 5.41) is 6.23. The first-order valence-electron chi connectivity index (χ1n) is 6.92. The summed E-state index contributed by atoms with van der Waals surface area (Å²) < 4.78 is 12.9. The van der Waals surface area contributed by atoms with E-state index in [0.29, 0.717) is 30.5 Å². The summed E-state index contributed by atoms with van der Waals surface area (Å²) >= 11 is 1.43. The van der Waals surface area contributed by atoms with Crippen molar-refractivity contribution in [1.82, 2.24) is 10.3 Å². The van der Waals surface area contributed by atoms with Gasteiger partial charge in [-0.3, -0.25) is 15.1 Å². The maximum Gasteiger partial charge on any atom is 0.292 e. The van der Waals surface area contributed by atoms with Crippen LogP contribution in [0.1, 0.15) is 16.1 Å². The van der Waals surface area contributed by atoms with E-state index < -0.39 is 0 Å². The zero-order valence-corrected chi connectivity index (χ0v) is 12.8. The molecule has 1 amide bonds. The fourth-order valence-electron chi connectivity index (χ4n) is 2.14. The third-order valence-electron chi connectivity index (χ3n) is 3.28. The second-order valence-corrected chi connectivity index (χ2v) is 6.03. The lowest BCUT2D eigenvalue weighted by Gasteiger charge is -2.01. The maximum atomic E-state index is 12.9. The van der Waals surface area contributed by atoms with E-state index in [2.05, 4.69) is 20.6 Å². The van der Waals surface area contributed by atoms with Crippen molar-refractivity contribution in [1.29, 1.82) is 0 Å². The van der Waals surface area contributed by atoms with Gasteiger partial charge in [0.2, 0.25) is 0 Å². The van der Waals surface area contributed by atoms with Crippen molar-refractivity contribution in [2.45, 2.75) is 13.3 Å². The molecule has 0 fully saturated rings. The molecule has 0 saturated heterocycles. The predicted molar refractivity (Wildman–Crippen MR) is 85.0 cm³/mol. The number of carbonyl (C=O) groups excluding carboxylic acids is 1. The van der Waals surface area contributed by atoms with Crippen molar-refractivity contribution in [3.63, 3.8) is 0 Å². The first-order valence-corrected chi connectivity index (χ1v) is 7.74. The molecule has 0 unspecified atom stereocenters. The lowest BCUT2D eigenvalue weighted by molar-refractivity contribution is -0.110. The standard InChI is InChI=1S/C15H15FN4OS/c1-9-12(8-10-2-4-11(16)5-3-10)22-15(19-9)20-14(21)13-17-6-7-18-13/h2-5H,6-8H2,1H3,(H,17,18)(H,19,20,21). The van der Waals surface area contributed by atoms with Crippen LogP contribution in [0.25, 0.3) is 0 Å². The molecule has 1 aliphatic rings. The Bertz CT molecular complexity index is 724. The van der Waals surface area contributed by atoms with E-state index in [4.69, 9.17) is 0 Å². The number of aliphatic imine (C=N–C) groups is 1. The summed E-state index contributed by atoms with van der Waals surface area (Å²) in [5.41, 5.74) is 1.87. The number of amides is 1. The molecule has 1 aromatic heterocycles. The molecule has 2 aromatic rings. The second-order valence-electron chi connectivity index (χ2n) is 4.94. The van der Waals surface area contributed by atoms with Crippen molar-refractivity contribution in [2.24, 2.45) is 4.99 Å². The number of rotatable bonds is 4. The zero-order chi connectivity index (χ0) is 15.5. The molecule has 3 rings (SSSR count). The molecule has 1 aromatic carbocycles. The Labute approximate surface area is 131 Å². The van der Waals surface area contributed by atoms with Crippen molar-refractivity contribution >= 4 is 28.2 Å². The Morgan fingerprint density at radius 1 is 1.41 bits per heavy atom. The van der Waals surface area contributed by atoms with Crippen LogP contribution in [0.4, 0.5) is 9.52 Å². The van der Waals surface area contributed by atoms with E-state index >= 15 is 0 Å². The minimum absolute atomic E-state index is 0.248. The summed E-state index contributed by atoms with van der Waals surface area (Å²) in [6, 6.07) is 6.39. The van der Waals surface area contributed by atoms with Gasteiger partial charge in [-0.05, 0) is 24.6 Å². The van der Waals surface area contributed by atoms with Crippen LogP contribution in [0.15, 0.2) is 29.3 Å². The molecule has 22 heavy (non-hydrogen) atoms. The smallest absolute Gasteiger partial charge is 0.292 e. The van der Waals surface area contributed by atoms with E-state index in [1.54, 1.807) is 12.1 Å². The number of anilines is 1. The fourth-order valence-corrected chi connectivity index (χ4v) is 3.13. The largest absolute Gasteiger partial charge is 0.364 e. The van der Waals surface area contributed by atoms with E-state index in [1.807, 2.05) is 6.92 Å². The van der Waals surface area contributed by atoms with Gasteiger partial charge in [0.25, 0.3) is 5.91 Å². The third-order valence-corrected chi connectivity index (χ3v) is 4.35. The van der Waals surface area contributed by atoms with Crippen molar-refractivity contribution in [3.05, 3.63) is 46.2 Å². The molecular formula is C15H15FN4OS. The van der Waals surface area contributed by atoms with Crippen molar-refractivity contribution in [2.75, 3.05) is 18.4 Å². The molecule has 5 nitrogen and oxygen atoms in total. The van der Waals surface area contributed by atoms with Gasteiger partial charge in [-0.15, -0.1) is 11.3 Å². The van der Waals surface area contributed by atoms with Gasteiger partial charge in [-0.25, -0.2) is 9.37 Å². The Morgan fingerprint density at radius 3 is 2.86 bits per heavy atom. The zero-order valence-electron chi connectivity index (χ0n) is 12.0. The van der Waals surface area contributed by atoms with E-state index in [9.17, 15) is 9.18 Å². The summed E-state index contributed by atoms with van der Waals surface area (Å²) in [5.74, 6) is -0.157. The van der Waals surface area contributed by atoms with Gasteiger partial charge in [0.15, 0.2) is 11.0 Å². The highest BCUT2D eigenvalue weighted by atomic mass is 32.1. The minimum Gasteiger partial charge on any atom is -0.364 e. The van der Waals surface area contributed by atoms with Crippen molar-refractivity contribution in [3.8, 4) is 0 Å². The molecule has 2 heterocycles. The van der Waals surface area contributed by atoms with Gasteiger partial charge in [0.1, 0.15) is 5.82 Å². The highest BCUT2D eigenvalue weighted by Gasteiger charge is 2.17. The first kappa shape index (κ1) is 14.6. The van der Waals surface area contributed by atoms with Gasteiger partial charge in [0.05, 0.1) is 12.2 Å². The average molecular weight is 318 g/mol. The Kier molecular flexibility index (Phi) is 4.15. The van der Waals surface area contributed by atoms with Crippen LogP contribution in [-0.2, 0) is 11.2 Å². The summed E-state index contributed by atoms with van der Waals surface area (Å²) in [6.07, 6.45) is 0.666. The third kappa shape index (κ3) is 3.30. The summed E-state index contributed by atoms with van der Waals surface area (Å²) in [6.45, 7) is 3.21. The number of amidine groups is 1. The normalized spacial score (nSPS) is 13.6. The van der Waals surface area contributed by atoms with Crippen LogP contribution in [0.2, 0.25) is 0 Å². The van der Waals surface area contributed by atoms with Crippen LogP contribution >= 0.6 is 11.3 Å². The molecule has 1 aliphatic heterocycles. The number of aryl methyl sites for hydroxylation is 1. The van der Waals surface area contributed by atoms with Crippen LogP contribution in [0.5, 0.6) is 0 Å². The molecule has 0 aliphatic carbocycles. The monoisotopic (exact) mass is 318 g/mol. The molecule has 7 heteroatoms. The maximum absolute atomic E-state index is 12.9.